The van der Waals surface area contributed by atoms with Crippen LogP contribution in [0, 0.1) is 11.3 Å². The molecule has 16 heavy (non-hydrogen) atoms. The fraction of sp³-hybridized carbons (Fsp3) is 0.417. The lowest BCUT2D eigenvalue weighted by molar-refractivity contribution is 0.415. The second-order valence-corrected chi connectivity index (χ2v) is 4.16. The van der Waals surface area contributed by atoms with E-state index in [-0.39, 0.29) is 0 Å². The fourth-order valence-corrected chi connectivity index (χ4v) is 2.41. The van der Waals surface area contributed by atoms with Crippen LogP contribution in [-0.4, -0.2) is 20.2 Å². The molecule has 0 saturated carbocycles. The smallest absolute Gasteiger partial charge is 0.139 e. The maximum Gasteiger partial charge on any atom is 0.139 e. The third-order valence-corrected chi connectivity index (χ3v) is 3.21. The second kappa shape index (κ2) is 4.63. The molecule has 0 aromatic heterocycles. The van der Waals surface area contributed by atoms with Gasteiger partial charge in [0.05, 0.1) is 18.4 Å². The third-order valence-electron chi connectivity index (χ3n) is 2.84. The molecule has 0 radical (unpaired) electrons. The van der Waals surface area contributed by atoms with E-state index in [9.17, 15) is 0 Å². The molecule has 0 aliphatic carbocycles. The topological polar surface area (TPSA) is 36.3 Å². The van der Waals surface area contributed by atoms with Crippen LogP contribution in [0.1, 0.15) is 18.4 Å². The molecule has 2 rings (SSSR count). The van der Waals surface area contributed by atoms with Crippen LogP contribution in [0.15, 0.2) is 12.1 Å². The molecule has 1 aromatic rings. The Hall–Kier alpha value is -1.40. The third kappa shape index (κ3) is 1.81. The SMILES string of the molecule is COc1ccc(C#N)c(N2CCCC2)c1Cl. The zero-order valence-corrected chi connectivity index (χ0v) is 9.92. The fourth-order valence-electron chi connectivity index (χ4n) is 2.04. The molecular weight excluding hydrogens is 224 g/mol. The van der Waals surface area contributed by atoms with E-state index in [1.165, 1.54) is 0 Å². The Labute approximate surface area is 100 Å². The van der Waals surface area contributed by atoms with Crippen LogP contribution in [0.4, 0.5) is 5.69 Å². The van der Waals surface area contributed by atoms with Gasteiger partial charge < -0.3 is 9.64 Å². The minimum Gasteiger partial charge on any atom is -0.495 e. The van der Waals surface area contributed by atoms with Crippen molar-refractivity contribution in [3.8, 4) is 11.8 Å². The molecular formula is C12H13ClN2O. The Morgan fingerprint density at radius 3 is 2.62 bits per heavy atom. The first kappa shape index (κ1) is 11.1. The summed E-state index contributed by atoms with van der Waals surface area (Å²) in [5, 5.41) is 9.64. The van der Waals surface area contributed by atoms with Gasteiger partial charge in [0.1, 0.15) is 16.8 Å². The van der Waals surface area contributed by atoms with Gasteiger partial charge in [-0.1, -0.05) is 11.6 Å². The van der Waals surface area contributed by atoms with Crippen molar-refractivity contribution in [3.63, 3.8) is 0 Å². The average molecular weight is 237 g/mol. The number of anilines is 1. The van der Waals surface area contributed by atoms with Crippen LogP contribution in [0.2, 0.25) is 5.02 Å². The zero-order valence-electron chi connectivity index (χ0n) is 9.16. The molecule has 0 amide bonds. The first-order chi connectivity index (χ1) is 7.77. The molecule has 0 N–H and O–H groups in total. The number of hydrogen-bond acceptors (Lipinski definition) is 3. The molecule has 1 fully saturated rings. The molecule has 1 heterocycles. The summed E-state index contributed by atoms with van der Waals surface area (Å²) in [5.74, 6) is 0.627. The van der Waals surface area contributed by atoms with Crippen molar-refractivity contribution in [2.24, 2.45) is 0 Å². The van der Waals surface area contributed by atoms with Crippen LogP contribution in [0.3, 0.4) is 0 Å². The van der Waals surface area contributed by atoms with Crippen molar-refractivity contribution < 1.29 is 4.74 Å². The number of ether oxygens (including phenoxy) is 1. The number of methoxy groups -OCH3 is 1. The summed E-state index contributed by atoms with van der Waals surface area (Å²) in [7, 11) is 1.58. The van der Waals surface area contributed by atoms with Gasteiger partial charge in [-0.15, -0.1) is 0 Å². The number of hydrogen-bond donors (Lipinski definition) is 0. The van der Waals surface area contributed by atoms with Gasteiger partial charge in [-0.05, 0) is 25.0 Å². The quantitative estimate of drug-likeness (QED) is 0.792. The summed E-state index contributed by atoms with van der Waals surface area (Å²) >= 11 is 6.26. The normalized spacial score (nSPS) is 14.9. The van der Waals surface area contributed by atoms with E-state index in [1.807, 2.05) is 0 Å². The summed E-state index contributed by atoms with van der Waals surface area (Å²) in [6.07, 6.45) is 2.30. The van der Waals surface area contributed by atoms with Crippen LogP contribution in [0.25, 0.3) is 0 Å². The lowest BCUT2D eigenvalue weighted by Gasteiger charge is -2.21. The second-order valence-electron chi connectivity index (χ2n) is 3.78. The standard InChI is InChI=1S/C12H13ClN2O/c1-16-10-5-4-9(8-14)12(11(10)13)15-6-2-3-7-15/h4-5H,2-3,6-7H2,1H3. The first-order valence-electron chi connectivity index (χ1n) is 5.29. The molecule has 84 valence electrons. The van der Waals surface area contributed by atoms with E-state index in [0.717, 1.165) is 31.6 Å². The largest absolute Gasteiger partial charge is 0.495 e. The van der Waals surface area contributed by atoms with E-state index in [0.29, 0.717) is 16.3 Å². The lowest BCUT2D eigenvalue weighted by atomic mass is 10.1. The maximum absolute atomic E-state index is 9.09. The molecule has 0 bridgehead atoms. The van der Waals surface area contributed by atoms with Gasteiger partial charge in [-0.25, -0.2) is 0 Å². The Morgan fingerprint density at radius 2 is 2.06 bits per heavy atom. The zero-order chi connectivity index (χ0) is 11.5. The van der Waals surface area contributed by atoms with E-state index in [4.69, 9.17) is 21.6 Å². The highest BCUT2D eigenvalue weighted by Gasteiger charge is 2.21. The van der Waals surface area contributed by atoms with Gasteiger partial charge in [0.2, 0.25) is 0 Å². The number of nitrogens with zero attached hydrogens (tertiary/aromatic N) is 2. The summed E-state index contributed by atoms with van der Waals surface area (Å²) < 4.78 is 5.18. The number of benzene rings is 1. The Kier molecular flexibility index (Phi) is 3.21. The Morgan fingerprint density at radius 1 is 1.38 bits per heavy atom. The predicted molar refractivity (Wildman–Crippen MR) is 64.2 cm³/mol. The van der Waals surface area contributed by atoms with Crippen LogP contribution >= 0.6 is 11.6 Å². The molecule has 0 atom stereocenters. The summed E-state index contributed by atoms with van der Waals surface area (Å²) in [6.45, 7) is 1.92. The minimum atomic E-state index is 0.545. The monoisotopic (exact) mass is 236 g/mol. The number of rotatable bonds is 2. The van der Waals surface area contributed by atoms with Gasteiger partial charge in [-0.2, -0.15) is 5.26 Å². The van der Waals surface area contributed by atoms with Crippen molar-refractivity contribution in [1.82, 2.24) is 0 Å². The molecule has 0 spiro atoms. The van der Waals surface area contributed by atoms with Gasteiger partial charge in [0.25, 0.3) is 0 Å². The van der Waals surface area contributed by atoms with Crippen molar-refractivity contribution in [1.29, 1.82) is 5.26 Å². The highest BCUT2D eigenvalue weighted by Crippen LogP contribution is 2.38. The van der Waals surface area contributed by atoms with E-state index >= 15 is 0 Å². The first-order valence-corrected chi connectivity index (χ1v) is 5.67. The van der Waals surface area contributed by atoms with Crippen molar-refractivity contribution >= 4 is 17.3 Å². The summed E-state index contributed by atoms with van der Waals surface area (Å²) in [5.41, 5.74) is 1.44. The molecule has 1 saturated heterocycles. The minimum absolute atomic E-state index is 0.545. The Balaban J connectivity index is 2.50. The highest BCUT2D eigenvalue weighted by atomic mass is 35.5. The van der Waals surface area contributed by atoms with Gasteiger partial charge in [0.15, 0.2) is 0 Å². The highest BCUT2D eigenvalue weighted by molar-refractivity contribution is 6.35. The van der Waals surface area contributed by atoms with Crippen LogP contribution in [0.5, 0.6) is 5.75 Å². The van der Waals surface area contributed by atoms with E-state index < -0.39 is 0 Å². The molecule has 4 heteroatoms. The molecule has 3 nitrogen and oxygen atoms in total. The van der Waals surface area contributed by atoms with Crippen molar-refractivity contribution in [3.05, 3.63) is 22.7 Å². The lowest BCUT2D eigenvalue weighted by Crippen LogP contribution is -2.19. The predicted octanol–water partition coefficient (Wildman–Crippen LogP) is 2.82. The Bertz CT molecular complexity index is 433. The number of nitriles is 1. The molecule has 0 unspecified atom stereocenters. The van der Waals surface area contributed by atoms with Crippen LogP contribution in [-0.2, 0) is 0 Å². The summed E-state index contributed by atoms with van der Waals surface area (Å²) in [4.78, 5) is 2.16. The van der Waals surface area contributed by atoms with Gasteiger partial charge in [0, 0.05) is 13.1 Å². The van der Waals surface area contributed by atoms with Crippen LogP contribution < -0.4 is 9.64 Å². The number of halogens is 1. The molecule has 1 aliphatic heterocycles. The maximum atomic E-state index is 9.09. The molecule has 1 aromatic carbocycles. The summed E-state index contributed by atoms with van der Waals surface area (Å²) in [6, 6.07) is 5.68. The van der Waals surface area contributed by atoms with E-state index in [2.05, 4.69) is 11.0 Å². The van der Waals surface area contributed by atoms with Crippen molar-refractivity contribution in [2.75, 3.05) is 25.1 Å². The van der Waals surface area contributed by atoms with Gasteiger partial charge in [-0.3, -0.25) is 0 Å². The van der Waals surface area contributed by atoms with Gasteiger partial charge >= 0.3 is 0 Å². The average Bonchev–Trinajstić information content (AvgIpc) is 2.81. The molecule has 1 aliphatic rings. The van der Waals surface area contributed by atoms with Crippen molar-refractivity contribution in [2.45, 2.75) is 12.8 Å². The van der Waals surface area contributed by atoms with E-state index in [1.54, 1.807) is 19.2 Å².